The summed E-state index contributed by atoms with van der Waals surface area (Å²) in [7, 11) is 1.79. The summed E-state index contributed by atoms with van der Waals surface area (Å²) in [5, 5.41) is 3.83. The van der Waals surface area contributed by atoms with E-state index in [1.165, 1.54) is 0 Å². The molecule has 0 radical (unpaired) electrons. The zero-order valence-electron chi connectivity index (χ0n) is 12.3. The lowest BCUT2D eigenvalue weighted by atomic mass is 10.2. The first-order chi connectivity index (χ1) is 10.7. The molecule has 0 saturated heterocycles. The maximum atomic E-state index is 12.1. The van der Waals surface area contributed by atoms with Gasteiger partial charge in [0, 0.05) is 13.6 Å². The SMILES string of the molecule is CN(Cc1ccccc1)C(=O)NCc1nc2ccccc2s1. The van der Waals surface area contributed by atoms with E-state index in [1.807, 2.05) is 54.6 Å². The molecule has 3 aromatic rings. The Morgan fingerprint density at radius 2 is 1.86 bits per heavy atom. The van der Waals surface area contributed by atoms with Gasteiger partial charge in [-0.3, -0.25) is 0 Å². The minimum absolute atomic E-state index is 0.0943. The normalized spacial score (nSPS) is 10.6. The van der Waals surface area contributed by atoms with Crippen LogP contribution in [0.1, 0.15) is 10.6 Å². The highest BCUT2D eigenvalue weighted by atomic mass is 32.1. The lowest BCUT2D eigenvalue weighted by molar-refractivity contribution is 0.206. The number of hydrogen-bond acceptors (Lipinski definition) is 3. The summed E-state index contributed by atoms with van der Waals surface area (Å²) >= 11 is 1.61. The number of fused-ring (bicyclic) bond motifs is 1. The highest BCUT2D eigenvalue weighted by molar-refractivity contribution is 7.18. The second kappa shape index (κ2) is 6.58. The van der Waals surface area contributed by atoms with Crippen molar-refractivity contribution in [1.82, 2.24) is 15.2 Å². The van der Waals surface area contributed by atoms with E-state index in [1.54, 1.807) is 23.3 Å². The van der Waals surface area contributed by atoms with Crippen LogP contribution < -0.4 is 5.32 Å². The molecule has 0 aliphatic heterocycles. The summed E-state index contributed by atoms with van der Waals surface area (Å²) in [6.07, 6.45) is 0. The average molecular weight is 311 g/mol. The molecule has 0 saturated carbocycles. The molecule has 1 N–H and O–H groups in total. The Balaban J connectivity index is 1.57. The Bertz CT molecular complexity index is 737. The van der Waals surface area contributed by atoms with Gasteiger partial charge in [-0.25, -0.2) is 9.78 Å². The smallest absolute Gasteiger partial charge is 0.317 e. The van der Waals surface area contributed by atoms with E-state index in [2.05, 4.69) is 10.3 Å². The van der Waals surface area contributed by atoms with Crippen molar-refractivity contribution in [1.29, 1.82) is 0 Å². The number of hydrogen-bond donors (Lipinski definition) is 1. The van der Waals surface area contributed by atoms with E-state index in [-0.39, 0.29) is 6.03 Å². The molecule has 0 fully saturated rings. The monoisotopic (exact) mass is 311 g/mol. The number of nitrogens with one attached hydrogen (secondary N) is 1. The van der Waals surface area contributed by atoms with Crippen LogP contribution in [-0.4, -0.2) is 23.0 Å². The summed E-state index contributed by atoms with van der Waals surface area (Å²) < 4.78 is 1.14. The number of thiazole rings is 1. The number of amides is 2. The molecule has 5 heteroatoms. The van der Waals surface area contributed by atoms with Crippen molar-refractivity contribution in [2.45, 2.75) is 13.1 Å². The summed E-state index contributed by atoms with van der Waals surface area (Å²) in [4.78, 5) is 18.3. The maximum absolute atomic E-state index is 12.1. The predicted octanol–water partition coefficient (Wildman–Crippen LogP) is 3.64. The second-order valence-electron chi connectivity index (χ2n) is 5.08. The van der Waals surface area contributed by atoms with Gasteiger partial charge < -0.3 is 10.2 Å². The molecule has 0 bridgehead atoms. The van der Waals surface area contributed by atoms with Gasteiger partial charge in [-0.15, -0.1) is 11.3 Å². The van der Waals surface area contributed by atoms with Crippen molar-refractivity contribution in [2.75, 3.05) is 7.05 Å². The number of urea groups is 1. The van der Waals surface area contributed by atoms with E-state index in [4.69, 9.17) is 0 Å². The molecule has 22 heavy (non-hydrogen) atoms. The van der Waals surface area contributed by atoms with Crippen LogP contribution in [0.4, 0.5) is 4.79 Å². The zero-order chi connectivity index (χ0) is 15.4. The highest BCUT2D eigenvalue weighted by Crippen LogP contribution is 2.21. The van der Waals surface area contributed by atoms with Gasteiger partial charge in [0.25, 0.3) is 0 Å². The van der Waals surface area contributed by atoms with E-state index < -0.39 is 0 Å². The number of nitrogens with zero attached hydrogens (tertiary/aromatic N) is 2. The molecule has 0 atom stereocenters. The molecule has 3 rings (SSSR count). The number of carbonyl (C=O) groups excluding carboxylic acids is 1. The molecule has 1 aromatic heterocycles. The number of aromatic nitrogens is 1. The van der Waals surface area contributed by atoms with Gasteiger partial charge in [-0.2, -0.15) is 0 Å². The standard InChI is InChI=1S/C17H17N3OS/c1-20(12-13-7-3-2-4-8-13)17(21)18-11-16-19-14-9-5-6-10-15(14)22-16/h2-10H,11-12H2,1H3,(H,18,21). The Hall–Kier alpha value is -2.40. The minimum atomic E-state index is -0.0943. The minimum Gasteiger partial charge on any atom is -0.331 e. The molecular formula is C17H17N3OS. The van der Waals surface area contributed by atoms with Crippen molar-refractivity contribution >= 4 is 27.6 Å². The zero-order valence-corrected chi connectivity index (χ0v) is 13.1. The second-order valence-corrected chi connectivity index (χ2v) is 6.19. The highest BCUT2D eigenvalue weighted by Gasteiger charge is 2.10. The number of para-hydroxylation sites is 1. The Labute approximate surface area is 133 Å². The summed E-state index contributed by atoms with van der Waals surface area (Å²) in [6.45, 7) is 1.05. The fourth-order valence-electron chi connectivity index (χ4n) is 2.21. The summed E-state index contributed by atoms with van der Waals surface area (Å²) in [6, 6.07) is 17.8. The van der Waals surface area contributed by atoms with E-state index >= 15 is 0 Å². The van der Waals surface area contributed by atoms with E-state index in [0.29, 0.717) is 13.1 Å². The maximum Gasteiger partial charge on any atom is 0.317 e. The summed E-state index contributed by atoms with van der Waals surface area (Å²) in [5.74, 6) is 0. The third-order valence-corrected chi connectivity index (χ3v) is 4.37. The third kappa shape index (κ3) is 3.43. The Kier molecular flexibility index (Phi) is 4.34. The molecule has 2 aromatic carbocycles. The Morgan fingerprint density at radius 3 is 2.64 bits per heavy atom. The van der Waals surface area contributed by atoms with Crippen molar-refractivity contribution < 1.29 is 4.79 Å². The number of rotatable bonds is 4. The van der Waals surface area contributed by atoms with Crippen molar-refractivity contribution in [3.05, 3.63) is 65.2 Å². The van der Waals surface area contributed by atoms with Gasteiger partial charge in [0.05, 0.1) is 16.8 Å². The molecule has 2 amide bonds. The van der Waals surface area contributed by atoms with Crippen LogP contribution in [0.3, 0.4) is 0 Å². The molecule has 112 valence electrons. The van der Waals surface area contributed by atoms with Crippen LogP contribution in [0, 0.1) is 0 Å². The first kappa shape index (κ1) is 14.5. The number of benzene rings is 2. The van der Waals surface area contributed by atoms with Crippen LogP contribution in [0.5, 0.6) is 0 Å². The summed E-state index contributed by atoms with van der Waals surface area (Å²) in [5.41, 5.74) is 2.09. The van der Waals surface area contributed by atoms with Crippen molar-refractivity contribution in [3.8, 4) is 0 Å². The molecule has 1 heterocycles. The molecule has 0 unspecified atom stereocenters. The van der Waals surface area contributed by atoms with Crippen LogP contribution >= 0.6 is 11.3 Å². The van der Waals surface area contributed by atoms with Gasteiger partial charge in [0.15, 0.2) is 0 Å². The predicted molar refractivity (Wildman–Crippen MR) is 89.8 cm³/mol. The van der Waals surface area contributed by atoms with Gasteiger partial charge >= 0.3 is 6.03 Å². The van der Waals surface area contributed by atoms with Crippen LogP contribution in [0.2, 0.25) is 0 Å². The van der Waals surface area contributed by atoms with Gasteiger partial charge in [-0.05, 0) is 17.7 Å². The van der Waals surface area contributed by atoms with Crippen molar-refractivity contribution in [2.24, 2.45) is 0 Å². The lowest BCUT2D eigenvalue weighted by Gasteiger charge is -2.17. The molecule has 0 aliphatic carbocycles. The average Bonchev–Trinajstić information content (AvgIpc) is 2.96. The fourth-order valence-corrected chi connectivity index (χ4v) is 3.12. The molecule has 0 aliphatic rings. The van der Waals surface area contributed by atoms with Crippen LogP contribution in [-0.2, 0) is 13.1 Å². The molecular weight excluding hydrogens is 294 g/mol. The van der Waals surface area contributed by atoms with E-state index in [0.717, 1.165) is 20.8 Å². The Morgan fingerprint density at radius 1 is 1.14 bits per heavy atom. The van der Waals surface area contributed by atoms with Gasteiger partial charge in [-0.1, -0.05) is 42.5 Å². The number of carbonyl (C=O) groups is 1. The molecule has 0 spiro atoms. The fraction of sp³-hybridized carbons (Fsp3) is 0.176. The van der Waals surface area contributed by atoms with E-state index in [9.17, 15) is 4.79 Å². The first-order valence-electron chi connectivity index (χ1n) is 7.10. The third-order valence-electron chi connectivity index (χ3n) is 3.34. The first-order valence-corrected chi connectivity index (χ1v) is 7.91. The molecule has 4 nitrogen and oxygen atoms in total. The van der Waals surface area contributed by atoms with Gasteiger partial charge in [0.2, 0.25) is 0 Å². The van der Waals surface area contributed by atoms with Crippen LogP contribution in [0.25, 0.3) is 10.2 Å². The van der Waals surface area contributed by atoms with Crippen molar-refractivity contribution in [3.63, 3.8) is 0 Å². The van der Waals surface area contributed by atoms with Crippen LogP contribution in [0.15, 0.2) is 54.6 Å². The lowest BCUT2D eigenvalue weighted by Crippen LogP contribution is -2.36. The quantitative estimate of drug-likeness (QED) is 0.799. The largest absolute Gasteiger partial charge is 0.331 e. The van der Waals surface area contributed by atoms with Gasteiger partial charge in [0.1, 0.15) is 5.01 Å². The topological polar surface area (TPSA) is 45.2 Å².